The minimum Gasteiger partial charge on any atom is -0.481 e. The van der Waals surface area contributed by atoms with Crippen LogP contribution in [0.5, 0.6) is 0 Å². The maximum atomic E-state index is 11.9. The molecule has 1 aliphatic carbocycles. The van der Waals surface area contributed by atoms with Gasteiger partial charge in [-0.2, -0.15) is 0 Å². The Bertz CT molecular complexity index is 510. The van der Waals surface area contributed by atoms with Crippen LogP contribution in [0.15, 0.2) is 0 Å². The standard InChI is InChI=1S/C13H19N3O5/c1-12(2)9(18)16(11(21)15-12)6-8(17)14-7-13(10(19)20)4-3-5-13/h3-7H2,1-2H3,(H,14,17)(H,15,21)(H,19,20). The van der Waals surface area contributed by atoms with Crippen molar-refractivity contribution in [1.29, 1.82) is 0 Å². The molecule has 1 saturated carbocycles. The zero-order chi connectivity index (χ0) is 15.8. The van der Waals surface area contributed by atoms with E-state index in [4.69, 9.17) is 5.11 Å². The number of amides is 4. The number of urea groups is 1. The highest BCUT2D eigenvalue weighted by Crippen LogP contribution is 2.40. The summed E-state index contributed by atoms with van der Waals surface area (Å²) in [6.45, 7) is 2.73. The Morgan fingerprint density at radius 2 is 1.95 bits per heavy atom. The van der Waals surface area contributed by atoms with E-state index in [0.717, 1.165) is 11.3 Å². The molecule has 0 aromatic heterocycles. The molecule has 4 amide bonds. The summed E-state index contributed by atoms with van der Waals surface area (Å²) in [7, 11) is 0. The van der Waals surface area contributed by atoms with Gasteiger partial charge in [-0.05, 0) is 26.7 Å². The van der Waals surface area contributed by atoms with Gasteiger partial charge in [-0.3, -0.25) is 19.3 Å². The van der Waals surface area contributed by atoms with Gasteiger partial charge < -0.3 is 15.7 Å². The van der Waals surface area contributed by atoms with E-state index in [2.05, 4.69) is 10.6 Å². The second kappa shape index (κ2) is 5.01. The van der Waals surface area contributed by atoms with Crippen molar-refractivity contribution < 1.29 is 24.3 Å². The molecule has 2 aliphatic rings. The van der Waals surface area contributed by atoms with Crippen molar-refractivity contribution in [1.82, 2.24) is 15.5 Å². The number of hydrogen-bond donors (Lipinski definition) is 3. The molecule has 0 aromatic rings. The fraction of sp³-hybridized carbons (Fsp3) is 0.692. The molecule has 0 radical (unpaired) electrons. The number of carboxylic acid groups (broad SMARTS) is 1. The molecular formula is C13H19N3O5. The molecule has 1 saturated heterocycles. The Hall–Kier alpha value is -2.12. The van der Waals surface area contributed by atoms with Crippen LogP contribution in [0.2, 0.25) is 0 Å². The quantitative estimate of drug-likeness (QED) is 0.602. The molecule has 1 heterocycles. The summed E-state index contributed by atoms with van der Waals surface area (Å²) in [5.41, 5.74) is -1.92. The summed E-state index contributed by atoms with van der Waals surface area (Å²) in [6, 6.07) is -0.614. The number of carboxylic acids is 1. The topological polar surface area (TPSA) is 116 Å². The van der Waals surface area contributed by atoms with Crippen LogP contribution in [0.4, 0.5) is 4.79 Å². The van der Waals surface area contributed by atoms with Crippen LogP contribution in [0, 0.1) is 5.41 Å². The van der Waals surface area contributed by atoms with Crippen molar-refractivity contribution in [2.24, 2.45) is 5.41 Å². The first-order valence-electron chi connectivity index (χ1n) is 6.82. The van der Waals surface area contributed by atoms with Gasteiger partial charge in [0.2, 0.25) is 5.91 Å². The number of carbonyl (C=O) groups excluding carboxylic acids is 3. The lowest BCUT2D eigenvalue weighted by Gasteiger charge is -2.37. The van der Waals surface area contributed by atoms with Gasteiger partial charge in [-0.1, -0.05) is 6.42 Å². The summed E-state index contributed by atoms with van der Waals surface area (Å²) in [6.07, 6.45) is 1.88. The van der Waals surface area contributed by atoms with Crippen molar-refractivity contribution in [2.75, 3.05) is 13.1 Å². The zero-order valence-electron chi connectivity index (χ0n) is 12.1. The number of nitrogens with one attached hydrogen (secondary N) is 2. The van der Waals surface area contributed by atoms with Gasteiger partial charge in [0.15, 0.2) is 0 Å². The second-order valence-electron chi connectivity index (χ2n) is 6.16. The number of imide groups is 1. The molecular weight excluding hydrogens is 278 g/mol. The third-order valence-corrected chi connectivity index (χ3v) is 4.13. The van der Waals surface area contributed by atoms with Crippen LogP contribution in [-0.2, 0) is 14.4 Å². The van der Waals surface area contributed by atoms with E-state index in [1.54, 1.807) is 13.8 Å². The molecule has 116 valence electrons. The fourth-order valence-electron chi connectivity index (χ4n) is 2.50. The minimum atomic E-state index is -1.02. The highest BCUT2D eigenvalue weighted by Gasteiger charge is 2.46. The molecule has 3 N–H and O–H groups in total. The van der Waals surface area contributed by atoms with E-state index in [1.165, 1.54) is 0 Å². The first-order valence-corrected chi connectivity index (χ1v) is 6.82. The third kappa shape index (κ3) is 2.70. The van der Waals surface area contributed by atoms with Gasteiger partial charge in [0.1, 0.15) is 12.1 Å². The first kappa shape index (κ1) is 15.3. The molecule has 0 bridgehead atoms. The van der Waals surface area contributed by atoms with Crippen molar-refractivity contribution in [2.45, 2.75) is 38.6 Å². The van der Waals surface area contributed by atoms with Crippen molar-refractivity contribution in [3.63, 3.8) is 0 Å². The lowest BCUT2D eigenvalue weighted by Crippen LogP contribution is -2.50. The molecule has 8 heteroatoms. The third-order valence-electron chi connectivity index (χ3n) is 4.13. The Labute approximate surface area is 121 Å². The number of rotatable bonds is 5. The largest absolute Gasteiger partial charge is 0.481 e. The molecule has 0 atom stereocenters. The fourth-order valence-corrected chi connectivity index (χ4v) is 2.50. The van der Waals surface area contributed by atoms with Gasteiger partial charge in [0.05, 0.1) is 5.41 Å². The van der Waals surface area contributed by atoms with Crippen LogP contribution in [0.1, 0.15) is 33.1 Å². The Balaban J connectivity index is 1.90. The van der Waals surface area contributed by atoms with Crippen molar-refractivity contribution in [3.8, 4) is 0 Å². The maximum Gasteiger partial charge on any atom is 0.325 e. The van der Waals surface area contributed by atoms with Gasteiger partial charge in [0.25, 0.3) is 5.91 Å². The highest BCUT2D eigenvalue weighted by molar-refractivity contribution is 6.08. The molecule has 0 aromatic carbocycles. The van der Waals surface area contributed by atoms with E-state index in [1.807, 2.05) is 0 Å². The average Bonchev–Trinajstić information content (AvgIpc) is 2.49. The second-order valence-corrected chi connectivity index (χ2v) is 6.16. The van der Waals surface area contributed by atoms with Crippen molar-refractivity contribution >= 4 is 23.8 Å². The summed E-state index contributed by atoms with van der Waals surface area (Å²) in [5.74, 6) is -1.94. The van der Waals surface area contributed by atoms with Gasteiger partial charge in [-0.15, -0.1) is 0 Å². The Morgan fingerprint density at radius 1 is 1.33 bits per heavy atom. The molecule has 21 heavy (non-hydrogen) atoms. The first-order chi connectivity index (χ1) is 9.68. The van der Waals surface area contributed by atoms with Gasteiger partial charge in [-0.25, -0.2) is 4.79 Å². The number of hydrogen-bond acceptors (Lipinski definition) is 4. The van der Waals surface area contributed by atoms with E-state index < -0.39 is 41.3 Å². The molecule has 2 fully saturated rings. The molecule has 1 aliphatic heterocycles. The van der Waals surface area contributed by atoms with Crippen LogP contribution in [0.3, 0.4) is 0 Å². The summed E-state index contributed by atoms with van der Waals surface area (Å²) in [4.78, 5) is 47.4. The van der Waals surface area contributed by atoms with Gasteiger partial charge in [0, 0.05) is 6.54 Å². The SMILES string of the molecule is CC1(C)NC(=O)N(CC(=O)NCC2(C(=O)O)CCC2)C1=O. The van der Waals surface area contributed by atoms with E-state index >= 15 is 0 Å². The average molecular weight is 297 g/mol. The van der Waals surface area contributed by atoms with Crippen LogP contribution < -0.4 is 10.6 Å². The molecule has 8 nitrogen and oxygen atoms in total. The monoisotopic (exact) mass is 297 g/mol. The molecule has 0 unspecified atom stereocenters. The number of aliphatic carboxylic acids is 1. The minimum absolute atomic E-state index is 0.0220. The summed E-state index contributed by atoms with van der Waals surface area (Å²) >= 11 is 0. The highest BCUT2D eigenvalue weighted by atomic mass is 16.4. The van der Waals surface area contributed by atoms with Gasteiger partial charge >= 0.3 is 12.0 Å². The number of nitrogens with zero attached hydrogens (tertiary/aromatic N) is 1. The molecule has 2 rings (SSSR count). The van der Waals surface area contributed by atoms with Crippen LogP contribution in [-0.4, -0.2) is 52.4 Å². The van der Waals surface area contributed by atoms with E-state index in [0.29, 0.717) is 12.8 Å². The summed E-state index contributed by atoms with van der Waals surface area (Å²) < 4.78 is 0. The maximum absolute atomic E-state index is 11.9. The van der Waals surface area contributed by atoms with E-state index in [9.17, 15) is 19.2 Å². The predicted molar refractivity (Wildman–Crippen MR) is 71.3 cm³/mol. The number of carbonyl (C=O) groups is 4. The summed E-state index contributed by atoms with van der Waals surface area (Å²) in [5, 5.41) is 14.1. The lowest BCUT2D eigenvalue weighted by molar-refractivity contribution is -0.154. The lowest BCUT2D eigenvalue weighted by atomic mass is 9.69. The Kier molecular flexibility index (Phi) is 3.65. The normalized spacial score (nSPS) is 22.5. The predicted octanol–water partition coefficient (Wildman–Crippen LogP) is -0.312. The van der Waals surface area contributed by atoms with Crippen molar-refractivity contribution in [3.05, 3.63) is 0 Å². The Morgan fingerprint density at radius 3 is 2.33 bits per heavy atom. The van der Waals surface area contributed by atoms with Crippen LogP contribution in [0.25, 0.3) is 0 Å². The zero-order valence-corrected chi connectivity index (χ0v) is 12.1. The van der Waals surface area contributed by atoms with E-state index in [-0.39, 0.29) is 6.54 Å². The molecule has 0 spiro atoms. The smallest absolute Gasteiger partial charge is 0.325 e. The van der Waals surface area contributed by atoms with Crippen LogP contribution >= 0.6 is 0 Å².